The SMILES string of the molecule is CNC(=O)C(C)(C)CNCc1ncncc1C(=O)O. The molecule has 19 heavy (non-hydrogen) atoms. The molecule has 7 nitrogen and oxygen atoms in total. The Bertz CT molecular complexity index is 474. The number of aromatic nitrogens is 2. The van der Waals surface area contributed by atoms with E-state index in [0.29, 0.717) is 12.2 Å². The molecule has 104 valence electrons. The number of amides is 1. The van der Waals surface area contributed by atoms with E-state index in [1.54, 1.807) is 20.9 Å². The fourth-order valence-electron chi connectivity index (χ4n) is 1.59. The third-order valence-corrected chi connectivity index (χ3v) is 2.73. The summed E-state index contributed by atoms with van der Waals surface area (Å²) in [7, 11) is 1.58. The van der Waals surface area contributed by atoms with E-state index in [2.05, 4.69) is 20.6 Å². The topological polar surface area (TPSA) is 104 Å². The Morgan fingerprint density at radius 2 is 2.11 bits per heavy atom. The second-order valence-corrected chi connectivity index (χ2v) is 4.75. The summed E-state index contributed by atoms with van der Waals surface area (Å²) in [6.45, 7) is 4.29. The fourth-order valence-corrected chi connectivity index (χ4v) is 1.59. The molecule has 1 amide bonds. The van der Waals surface area contributed by atoms with E-state index in [1.165, 1.54) is 12.5 Å². The van der Waals surface area contributed by atoms with Gasteiger partial charge in [0, 0.05) is 26.3 Å². The van der Waals surface area contributed by atoms with Gasteiger partial charge in [-0.05, 0) is 13.8 Å². The molecular formula is C12H18N4O3. The largest absolute Gasteiger partial charge is 0.478 e. The molecule has 0 aliphatic rings. The van der Waals surface area contributed by atoms with Crippen molar-refractivity contribution < 1.29 is 14.7 Å². The zero-order valence-electron chi connectivity index (χ0n) is 11.2. The van der Waals surface area contributed by atoms with E-state index >= 15 is 0 Å². The summed E-state index contributed by atoms with van der Waals surface area (Å²) in [6.07, 6.45) is 2.56. The van der Waals surface area contributed by atoms with Gasteiger partial charge in [0.05, 0.1) is 11.1 Å². The predicted molar refractivity (Wildman–Crippen MR) is 68.5 cm³/mol. The smallest absolute Gasteiger partial charge is 0.339 e. The van der Waals surface area contributed by atoms with Gasteiger partial charge in [0.1, 0.15) is 11.9 Å². The molecule has 0 aliphatic heterocycles. The van der Waals surface area contributed by atoms with Crippen LogP contribution in [0, 0.1) is 5.41 Å². The molecule has 1 rings (SSSR count). The summed E-state index contributed by atoms with van der Waals surface area (Å²) in [5.74, 6) is -1.15. The molecule has 1 heterocycles. The van der Waals surface area contributed by atoms with Gasteiger partial charge in [-0.1, -0.05) is 0 Å². The van der Waals surface area contributed by atoms with Gasteiger partial charge >= 0.3 is 5.97 Å². The summed E-state index contributed by atoms with van der Waals surface area (Å²) in [4.78, 5) is 30.2. The van der Waals surface area contributed by atoms with E-state index in [1.807, 2.05) is 0 Å². The van der Waals surface area contributed by atoms with E-state index < -0.39 is 11.4 Å². The van der Waals surface area contributed by atoms with Crippen molar-refractivity contribution in [3.63, 3.8) is 0 Å². The molecule has 3 N–H and O–H groups in total. The minimum Gasteiger partial charge on any atom is -0.478 e. The van der Waals surface area contributed by atoms with Gasteiger partial charge in [-0.25, -0.2) is 14.8 Å². The standard InChI is InChI=1S/C12H18N4O3/c1-12(2,11(19)13-3)6-14-5-9-8(10(17)18)4-15-7-16-9/h4,7,14H,5-6H2,1-3H3,(H,13,19)(H,17,18). The Morgan fingerprint density at radius 1 is 1.42 bits per heavy atom. The van der Waals surface area contributed by atoms with Crippen molar-refractivity contribution in [2.45, 2.75) is 20.4 Å². The highest BCUT2D eigenvalue weighted by Gasteiger charge is 2.26. The Balaban J connectivity index is 2.64. The quantitative estimate of drug-likeness (QED) is 0.671. The number of carboxylic acids is 1. The van der Waals surface area contributed by atoms with Crippen LogP contribution in [0.5, 0.6) is 0 Å². The molecule has 7 heteroatoms. The predicted octanol–water partition coefficient (Wildman–Crippen LogP) is 0.0366. The van der Waals surface area contributed by atoms with Gasteiger partial charge in [-0.15, -0.1) is 0 Å². The van der Waals surface area contributed by atoms with Crippen molar-refractivity contribution in [3.05, 3.63) is 23.8 Å². The number of rotatable bonds is 6. The Labute approximate surface area is 111 Å². The maximum absolute atomic E-state index is 11.6. The molecule has 0 saturated carbocycles. The third-order valence-electron chi connectivity index (χ3n) is 2.73. The first-order valence-electron chi connectivity index (χ1n) is 5.83. The van der Waals surface area contributed by atoms with Gasteiger partial charge < -0.3 is 15.7 Å². The monoisotopic (exact) mass is 266 g/mol. The summed E-state index contributed by atoms with van der Waals surface area (Å²) < 4.78 is 0. The maximum Gasteiger partial charge on any atom is 0.339 e. The third kappa shape index (κ3) is 3.99. The van der Waals surface area contributed by atoms with Gasteiger partial charge in [0.15, 0.2) is 0 Å². The Hall–Kier alpha value is -2.02. The number of nitrogens with one attached hydrogen (secondary N) is 2. The Morgan fingerprint density at radius 3 is 2.68 bits per heavy atom. The van der Waals surface area contributed by atoms with Crippen molar-refractivity contribution >= 4 is 11.9 Å². The zero-order valence-corrected chi connectivity index (χ0v) is 11.2. The van der Waals surface area contributed by atoms with Crippen LogP contribution < -0.4 is 10.6 Å². The molecule has 0 spiro atoms. The van der Waals surface area contributed by atoms with Gasteiger partial charge in [0.2, 0.25) is 5.91 Å². The molecule has 0 radical (unpaired) electrons. The summed E-state index contributed by atoms with van der Waals surface area (Å²) >= 11 is 0. The lowest BCUT2D eigenvalue weighted by atomic mass is 9.92. The molecule has 0 unspecified atom stereocenters. The van der Waals surface area contributed by atoms with Crippen LogP contribution >= 0.6 is 0 Å². The van der Waals surface area contributed by atoms with E-state index in [-0.39, 0.29) is 18.0 Å². The van der Waals surface area contributed by atoms with Crippen LogP contribution in [0.1, 0.15) is 29.9 Å². The van der Waals surface area contributed by atoms with Gasteiger partial charge in [0.25, 0.3) is 0 Å². The minimum atomic E-state index is -1.07. The fraction of sp³-hybridized carbons (Fsp3) is 0.500. The van der Waals surface area contributed by atoms with Crippen molar-refractivity contribution in [2.24, 2.45) is 5.41 Å². The molecule has 0 fully saturated rings. The molecular weight excluding hydrogens is 248 g/mol. The maximum atomic E-state index is 11.6. The van der Waals surface area contributed by atoms with Crippen LogP contribution in [0.25, 0.3) is 0 Å². The van der Waals surface area contributed by atoms with Crippen LogP contribution in [-0.2, 0) is 11.3 Å². The first kappa shape index (κ1) is 15.0. The van der Waals surface area contributed by atoms with E-state index in [0.717, 1.165) is 0 Å². The van der Waals surface area contributed by atoms with E-state index in [4.69, 9.17) is 5.11 Å². The average Bonchev–Trinajstić information content (AvgIpc) is 2.37. The van der Waals surface area contributed by atoms with Crippen LogP contribution in [0.4, 0.5) is 0 Å². The van der Waals surface area contributed by atoms with Crippen LogP contribution in [0.15, 0.2) is 12.5 Å². The first-order chi connectivity index (χ1) is 8.88. The molecule has 0 saturated heterocycles. The highest BCUT2D eigenvalue weighted by molar-refractivity contribution is 5.88. The van der Waals surface area contributed by atoms with Crippen molar-refractivity contribution in [2.75, 3.05) is 13.6 Å². The second kappa shape index (κ2) is 6.24. The van der Waals surface area contributed by atoms with Gasteiger partial charge in [-0.2, -0.15) is 0 Å². The molecule has 1 aromatic rings. The molecule has 0 aliphatic carbocycles. The normalized spacial score (nSPS) is 11.1. The second-order valence-electron chi connectivity index (χ2n) is 4.75. The van der Waals surface area contributed by atoms with Crippen LogP contribution in [0.3, 0.4) is 0 Å². The number of carboxylic acid groups (broad SMARTS) is 1. The molecule has 0 bridgehead atoms. The van der Waals surface area contributed by atoms with Crippen LogP contribution in [-0.4, -0.2) is 40.5 Å². The molecule has 1 aromatic heterocycles. The van der Waals surface area contributed by atoms with Crippen molar-refractivity contribution in [1.82, 2.24) is 20.6 Å². The zero-order chi connectivity index (χ0) is 14.5. The summed E-state index contributed by atoms with van der Waals surface area (Å²) in [6, 6.07) is 0. The summed E-state index contributed by atoms with van der Waals surface area (Å²) in [5, 5.41) is 14.6. The van der Waals surface area contributed by atoms with Crippen LogP contribution in [0.2, 0.25) is 0 Å². The summed E-state index contributed by atoms with van der Waals surface area (Å²) in [5.41, 5.74) is -0.117. The minimum absolute atomic E-state index is 0.0627. The number of hydrogen-bond donors (Lipinski definition) is 3. The number of carbonyl (C=O) groups excluding carboxylic acids is 1. The number of nitrogens with zero attached hydrogens (tertiary/aromatic N) is 2. The van der Waals surface area contributed by atoms with E-state index in [9.17, 15) is 9.59 Å². The van der Waals surface area contributed by atoms with Crippen molar-refractivity contribution in [3.8, 4) is 0 Å². The lowest BCUT2D eigenvalue weighted by Gasteiger charge is -2.22. The lowest BCUT2D eigenvalue weighted by molar-refractivity contribution is -0.128. The number of carbonyl (C=O) groups is 2. The first-order valence-corrected chi connectivity index (χ1v) is 5.83. The Kier molecular flexibility index (Phi) is 4.94. The lowest BCUT2D eigenvalue weighted by Crippen LogP contribution is -2.42. The van der Waals surface area contributed by atoms with Crippen molar-refractivity contribution in [1.29, 1.82) is 0 Å². The number of hydrogen-bond acceptors (Lipinski definition) is 5. The molecule has 0 aromatic carbocycles. The highest BCUT2D eigenvalue weighted by atomic mass is 16.4. The average molecular weight is 266 g/mol. The van der Waals surface area contributed by atoms with Gasteiger partial charge in [-0.3, -0.25) is 4.79 Å². The number of aromatic carboxylic acids is 1. The highest BCUT2D eigenvalue weighted by Crippen LogP contribution is 2.13. The molecule has 0 atom stereocenters.